The fraction of sp³-hybridized carbons (Fsp3) is 0.273. The molecule has 14 nitrogen and oxygen atoms in total. The van der Waals surface area contributed by atoms with Crippen LogP contribution in [0.5, 0.6) is 0 Å². The lowest BCUT2D eigenvalue weighted by Gasteiger charge is -2.24. The van der Waals surface area contributed by atoms with Crippen molar-refractivity contribution in [2.75, 3.05) is 11.0 Å². The Balaban J connectivity index is 1.30. The summed E-state index contributed by atoms with van der Waals surface area (Å²) in [6.07, 6.45) is -6.16. The first-order valence-corrected chi connectivity index (χ1v) is 24.0. The topological polar surface area (TPSA) is 186 Å². The minimum atomic E-state index is -3.86. The molecule has 2 N–H and O–H groups in total. The average molecular weight is 1020 g/mol. The van der Waals surface area contributed by atoms with Gasteiger partial charge in [0.25, 0.3) is 24.3 Å². The molecule has 0 radical (unpaired) electrons. The quantitative estimate of drug-likeness (QED) is 0.0798. The van der Waals surface area contributed by atoms with Crippen molar-refractivity contribution in [2.45, 2.75) is 68.5 Å². The molecule has 7 aromatic rings. The van der Waals surface area contributed by atoms with Gasteiger partial charge >= 0.3 is 5.12 Å². The monoisotopic (exact) mass is 1020 g/mol. The number of alkyl halides is 6. The third-order valence-corrected chi connectivity index (χ3v) is 14.2. The number of fused-ring (bicyclic) bond motifs is 5. The highest BCUT2D eigenvalue weighted by atomic mass is 35.5. The number of nitrogens with one attached hydrogen (secondary N) is 2. The number of anilines is 1. The van der Waals surface area contributed by atoms with Gasteiger partial charge in [0.1, 0.15) is 53.3 Å². The molecule has 3 unspecified atom stereocenters. The summed E-state index contributed by atoms with van der Waals surface area (Å²) < 4.78 is 161. The number of benzene rings is 4. The molecule has 69 heavy (non-hydrogen) atoms. The SMILES string of the molecule is CC(=O)[S+]([O-])Nc1nn(CC(F)F)c2c(-n3c([C@H](Cc4cc(F)cc(F)c4)NC(=O)Cn4nc(C(F)F)c5c4C(F)(F)C4CC54)nc4cc(-c5ccccc5S(C)(=O)=O)ccc4c3=O)ccc(Cl)c12. The molecule has 1 fully saturated rings. The minimum absolute atomic E-state index is 0.0725. The van der Waals surface area contributed by atoms with Crippen molar-refractivity contribution in [3.05, 3.63) is 128 Å². The first kappa shape index (κ1) is 47.7. The van der Waals surface area contributed by atoms with Crippen molar-refractivity contribution < 1.29 is 57.7 Å². The molecule has 4 aromatic carbocycles. The lowest BCUT2D eigenvalue weighted by molar-refractivity contribution is -0.123. The number of rotatable bonds is 14. The molecule has 4 atom stereocenters. The molecular formula is C44H33ClF8N8O6S2. The summed E-state index contributed by atoms with van der Waals surface area (Å²) in [4.78, 5) is 46.2. The maximum atomic E-state index is 15.6. The zero-order valence-corrected chi connectivity index (χ0v) is 37.9. The van der Waals surface area contributed by atoms with Gasteiger partial charge in [-0.05, 0) is 65.9 Å². The largest absolute Gasteiger partial charge is 0.585 e. The average Bonchev–Trinajstić information content (AvgIpc) is 3.79. The van der Waals surface area contributed by atoms with Crippen LogP contribution in [0.2, 0.25) is 5.02 Å². The smallest absolute Gasteiger partial charge is 0.352 e. The Morgan fingerprint density at radius 1 is 0.986 bits per heavy atom. The van der Waals surface area contributed by atoms with Crippen LogP contribution in [0.25, 0.3) is 38.6 Å². The van der Waals surface area contributed by atoms with Gasteiger partial charge in [0.2, 0.25) is 11.7 Å². The molecule has 0 aliphatic heterocycles. The Labute approximate surface area is 392 Å². The van der Waals surface area contributed by atoms with Crippen LogP contribution in [0, 0.1) is 17.6 Å². The molecule has 0 saturated heterocycles. The van der Waals surface area contributed by atoms with Crippen molar-refractivity contribution >= 4 is 71.4 Å². The maximum Gasteiger partial charge on any atom is 0.352 e. The molecule has 25 heteroatoms. The molecule has 3 aromatic heterocycles. The van der Waals surface area contributed by atoms with Gasteiger partial charge < -0.3 is 9.87 Å². The van der Waals surface area contributed by atoms with Gasteiger partial charge in [0.15, 0.2) is 9.84 Å². The highest BCUT2D eigenvalue weighted by Crippen LogP contribution is 2.68. The molecule has 0 spiro atoms. The Morgan fingerprint density at radius 3 is 2.36 bits per heavy atom. The molecule has 2 aliphatic carbocycles. The maximum absolute atomic E-state index is 15.6. The van der Waals surface area contributed by atoms with E-state index in [0.29, 0.717) is 15.4 Å². The molecule has 9 rings (SSSR count). The van der Waals surface area contributed by atoms with Crippen LogP contribution in [0.3, 0.4) is 0 Å². The van der Waals surface area contributed by atoms with Crippen molar-refractivity contribution in [3.8, 4) is 16.8 Å². The second kappa shape index (κ2) is 17.5. The molecule has 0 bridgehead atoms. The molecule has 3 heterocycles. The van der Waals surface area contributed by atoms with Crippen molar-refractivity contribution in [1.29, 1.82) is 0 Å². The van der Waals surface area contributed by atoms with Crippen LogP contribution in [-0.4, -0.2) is 65.8 Å². The van der Waals surface area contributed by atoms with Crippen molar-refractivity contribution in [1.82, 2.24) is 34.4 Å². The number of sulfone groups is 1. The zero-order valence-electron chi connectivity index (χ0n) is 35.5. The van der Waals surface area contributed by atoms with Crippen molar-refractivity contribution in [2.24, 2.45) is 5.92 Å². The molecule has 2 aliphatic rings. The fourth-order valence-corrected chi connectivity index (χ4v) is 10.5. The summed E-state index contributed by atoms with van der Waals surface area (Å²) in [5.41, 5.74) is -3.82. The van der Waals surface area contributed by atoms with E-state index >= 15 is 13.6 Å². The van der Waals surface area contributed by atoms with Gasteiger partial charge in [-0.1, -0.05) is 35.9 Å². The second-order valence-corrected chi connectivity index (χ2v) is 20.2. The van der Waals surface area contributed by atoms with E-state index < -0.39 is 129 Å². The second-order valence-electron chi connectivity index (χ2n) is 16.5. The first-order chi connectivity index (χ1) is 32.5. The van der Waals surface area contributed by atoms with Crippen LogP contribution >= 0.6 is 11.6 Å². The van der Waals surface area contributed by atoms with E-state index in [2.05, 4.69) is 20.2 Å². The number of carbonyl (C=O) groups is 2. The Morgan fingerprint density at radius 2 is 1.70 bits per heavy atom. The molecular weight excluding hydrogens is 988 g/mol. The Bertz CT molecular complexity index is 3440. The number of hydrogen-bond donors (Lipinski definition) is 2. The number of amides is 1. The summed E-state index contributed by atoms with van der Waals surface area (Å²) in [5, 5.41) is 8.82. The van der Waals surface area contributed by atoms with Gasteiger partial charge in [-0.3, -0.25) is 23.5 Å². The van der Waals surface area contributed by atoms with E-state index in [0.717, 1.165) is 29.9 Å². The van der Waals surface area contributed by atoms with E-state index in [1.165, 1.54) is 48.5 Å². The predicted molar refractivity (Wildman–Crippen MR) is 236 cm³/mol. The molecule has 1 saturated carbocycles. The van der Waals surface area contributed by atoms with Gasteiger partial charge in [0.05, 0.1) is 43.5 Å². The van der Waals surface area contributed by atoms with Crippen LogP contribution < -0.4 is 15.6 Å². The van der Waals surface area contributed by atoms with E-state index in [1.807, 2.05) is 0 Å². The highest BCUT2D eigenvalue weighted by Gasteiger charge is 2.67. The van der Waals surface area contributed by atoms with Gasteiger partial charge in [-0.15, -0.1) is 5.10 Å². The highest BCUT2D eigenvalue weighted by molar-refractivity contribution is 8.07. The van der Waals surface area contributed by atoms with Crippen molar-refractivity contribution in [3.63, 3.8) is 0 Å². The van der Waals surface area contributed by atoms with Gasteiger partial charge in [0, 0.05) is 42.7 Å². The predicted octanol–water partition coefficient (Wildman–Crippen LogP) is 8.07. The fourth-order valence-electron chi connectivity index (χ4n) is 8.93. The molecule has 1 amide bonds. The minimum Gasteiger partial charge on any atom is -0.585 e. The van der Waals surface area contributed by atoms with Gasteiger partial charge in [-0.2, -0.15) is 18.6 Å². The lowest BCUT2D eigenvalue weighted by atomic mass is 10.0. The zero-order chi connectivity index (χ0) is 49.6. The molecule has 360 valence electrons. The summed E-state index contributed by atoms with van der Waals surface area (Å²) in [5.74, 6) is -10.2. The van der Waals surface area contributed by atoms with Gasteiger partial charge in [-0.25, -0.2) is 44.5 Å². The first-order valence-electron chi connectivity index (χ1n) is 20.6. The number of hydrogen-bond acceptors (Lipinski definition) is 10. The summed E-state index contributed by atoms with van der Waals surface area (Å²) in [6.45, 7) is -1.33. The van der Waals surface area contributed by atoms with E-state index in [-0.39, 0.29) is 66.1 Å². The number of carbonyl (C=O) groups excluding carboxylic acids is 2. The normalized spacial score (nSPS) is 17.1. The summed E-state index contributed by atoms with van der Waals surface area (Å²) in [6, 6.07) is 12.8. The number of halogens is 9. The number of aromatic nitrogens is 6. The van der Waals surface area contributed by atoms with Crippen LogP contribution in [0.4, 0.5) is 40.9 Å². The van der Waals surface area contributed by atoms with E-state index in [4.69, 9.17) is 16.6 Å². The van der Waals surface area contributed by atoms with Crippen LogP contribution in [0.15, 0.2) is 82.5 Å². The summed E-state index contributed by atoms with van der Waals surface area (Å²) >= 11 is 4.13. The van der Waals surface area contributed by atoms with Crippen LogP contribution in [-0.2, 0) is 56.2 Å². The standard InChI is InChI=1S/C44H33ClF8N8O6S2/c1-19(62)68(65)58-41-36-28(45)9-10-31(38(36)59(57-41)17-33(48)49)61-42(55-29-14-21(7-8-25(29)43(61)64)24-5-3-4-6-32(24)69(2,66)67)30(13-20-11-22(46)15-23(47)12-20)54-34(63)18-60-39-35(37(56-60)40(50)51)26-16-27(26)44(39,52)53/h3-12,14-15,26-27,30,33,40H,13,16-18H2,1-2H3,(H,54,63)(H,57,58)/t26?,27?,30-,68?/m0/s1. The van der Waals surface area contributed by atoms with E-state index in [1.54, 1.807) is 6.07 Å². The third kappa shape index (κ3) is 8.71. The Kier molecular flexibility index (Phi) is 12.1. The lowest BCUT2D eigenvalue weighted by Crippen LogP contribution is -2.38. The summed E-state index contributed by atoms with van der Waals surface area (Å²) in [7, 11) is -3.86. The van der Waals surface area contributed by atoms with E-state index in [9.17, 15) is 48.9 Å². The Hall–Kier alpha value is -6.37. The van der Waals surface area contributed by atoms with Crippen LogP contribution in [0.1, 0.15) is 60.1 Å². The number of nitrogens with zero attached hydrogens (tertiary/aromatic N) is 6. The third-order valence-electron chi connectivity index (χ3n) is 11.8.